The van der Waals surface area contributed by atoms with Gasteiger partial charge in [-0.1, -0.05) is 12.1 Å². The number of rotatable bonds is 5. The summed E-state index contributed by atoms with van der Waals surface area (Å²) in [4.78, 5) is 37.7. The molecule has 0 fully saturated rings. The molecular formula is C17H17NO4. The van der Waals surface area contributed by atoms with Crippen LogP contribution in [0.2, 0.25) is 0 Å². The largest absolute Gasteiger partial charge is 0.453 e. The first-order valence-electron chi connectivity index (χ1n) is 6.85. The van der Waals surface area contributed by atoms with Gasteiger partial charge in [0.1, 0.15) is 5.69 Å². The molecular weight excluding hydrogens is 282 g/mol. The van der Waals surface area contributed by atoms with Crippen molar-refractivity contribution >= 4 is 17.5 Å². The highest BCUT2D eigenvalue weighted by atomic mass is 16.5. The van der Waals surface area contributed by atoms with Gasteiger partial charge in [0.15, 0.2) is 18.2 Å². The molecule has 2 aromatic rings. The second-order valence-corrected chi connectivity index (χ2v) is 5.16. The minimum Gasteiger partial charge on any atom is -0.453 e. The summed E-state index contributed by atoms with van der Waals surface area (Å²) in [5.41, 5.74) is 3.15. The van der Waals surface area contributed by atoms with Gasteiger partial charge in [0.05, 0.1) is 0 Å². The van der Waals surface area contributed by atoms with Crippen molar-refractivity contribution in [2.75, 3.05) is 6.61 Å². The lowest BCUT2D eigenvalue weighted by molar-refractivity contribution is 0.0469. The first-order chi connectivity index (χ1) is 10.4. The van der Waals surface area contributed by atoms with Gasteiger partial charge < -0.3 is 9.72 Å². The van der Waals surface area contributed by atoms with Gasteiger partial charge in [-0.2, -0.15) is 0 Å². The molecule has 0 spiro atoms. The van der Waals surface area contributed by atoms with Crippen molar-refractivity contribution in [2.24, 2.45) is 0 Å². The summed E-state index contributed by atoms with van der Waals surface area (Å²) in [6, 6.07) is 6.74. The molecule has 1 heterocycles. The average molecular weight is 299 g/mol. The molecule has 2 rings (SSSR count). The molecule has 0 unspecified atom stereocenters. The van der Waals surface area contributed by atoms with E-state index in [4.69, 9.17) is 4.74 Å². The van der Waals surface area contributed by atoms with Crippen LogP contribution in [0.4, 0.5) is 0 Å². The Bertz CT molecular complexity index is 743. The fourth-order valence-electron chi connectivity index (χ4n) is 1.92. The summed E-state index contributed by atoms with van der Waals surface area (Å²) in [5, 5.41) is 0. The topological polar surface area (TPSA) is 76.2 Å². The summed E-state index contributed by atoms with van der Waals surface area (Å²) in [6.07, 6.45) is 1.43. The van der Waals surface area contributed by atoms with Crippen LogP contribution >= 0.6 is 0 Å². The smallest absolute Gasteiger partial charge is 0.355 e. The number of ether oxygens (including phenoxy) is 1. The van der Waals surface area contributed by atoms with Crippen molar-refractivity contribution in [1.29, 1.82) is 0 Å². The number of benzene rings is 1. The van der Waals surface area contributed by atoms with Gasteiger partial charge in [-0.05, 0) is 44.0 Å². The summed E-state index contributed by atoms with van der Waals surface area (Å²) in [5.74, 6) is -1.08. The highest BCUT2D eigenvalue weighted by Gasteiger charge is 2.15. The summed E-state index contributed by atoms with van der Waals surface area (Å²) in [7, 11) is 0. The van der Waals surface area contributed by atoms with Crippen molar-refractivity contribution < 1.29 is 19.1 Å². The van der Waals surface area contributed by atoms with Gasteiger partial charge in [-0.15, -0.1) is 0 Å². The van der Waals surface area contributed by atoms with Crippen LogP contribution in [0.3, 0.4) is 0 Å². The number of H-pyrrole nitrogens is 1. The highest BCUT2D eigenvalue weighted by molar-refractivity contribution is 6.00. The maximum Gasteiger partial charge on any atom is 0.355 e. The minimum absolute atomic E-state index is 0.151. The van der Waals surface area contributed by atoms with E-state index in [2.05, 4.69) is 4.98 Å². The Labute approximate surface area is 128 Å². The van der Waals surface area contributed by atoms with Crippen molar-refractivity contribution in [2.45, 2.75) is 20.8 Å². The Balaban J connectivity index is 1.99. The van der Waals surface area contributed by atoms with Gasteiger partial charge in [-0.25, -0.2) is 4.79 Å². The van der Waals surface area contributed by atoms with Crippen molar-refractivity contribution in [3.05, 3.63) is 58.4 Å². The molecule has 0 atom stereocenters. The number of hydrogen-bond donors (Lipinski definition) is 1. The van der Waals surface area contributed by atoms with Gasteiger partial charge in [0.2, 0.25) is 0 Å². The molecule has 0 aliphatic carbocycles. The van der Waals surface area contributed by atoms with Gasteiger partial charge in [-0.3, -0.25) is 9.59 Å². The number of esters is 1. The molecule has 22 heavy (non-hydrogen) atoms. The number of nitrogens with one attached hydrogen (secondary N) is 1. The van der Waals surface area contributed by atoms with Gasteiger partial charge in [0.25, 0.3) is 0 Å². The van der Waals surface area contributed by atoms with E-state index in [1.54, 1.807) is 12.1 Å². The van der Waals surface area contributed by atoms with Crippen LogP contribution in [0.25, 0.3) is 0 Å². The molecule has 0 aliphatic heterocycles. The monoisotopic (exact) mass is 299 g/mol. The van der Waals surface area contributed by atoms with Crippen molar-refractivity contribution in [3.8, 4) is 0 Å². The zero-order chi connectivity index (χ0) is 16.3. The molecule has 0 amide bonds. The third kappa shape index (κ3) is 3.49. The van der Waals surface area contributed by atoms with E-state index in [-0.39, 0.29) is 23.9 Å². The fourth-order valence-corrected chi connectivity index (χ4v) is 1.92. The number of aromatic nitrogens is 1. The maximum atomic E-state index is 12.0. The SMILES string of the molecule is CC(=O)c1c[nH]c(C(=O)OCC(=O)c2ccc(C)c(C)c2)c1. The van der Waals surface area contributed by atoms with Crippen LogP contribution in [0.1, 0.15) is 49.3 Å². The first-order valence-corrected chi connectivity index (χ1v) is 6.85. The van der Waals surface area contributed by atoms with Crippen LogP contribution in [0.15, 0.2) is 30.5 Å². The normalized spacial score (nSPS) is 10.3. The Morgan fingerprint density at radius 1 is 1.05 bits per heavy atom. The summed E-state index contributed by atoms with van der Waals surface area (Å²) >= 11 is 0. The van der Waals surface area contributed by atoms with Crippen LogP contribution < -0.4 is 0 Å². The lowest BCUT2D eigenvalue weighted by Gasteiger charge is -2.05. The second-order valence-electron chi connectivity index (χ2n) is 5.16. The summed E-state index contributed by atoms with van der Waals surface area (Å²) in [6.45, 7) is 4.94. The van der Waals surface area contributed by atoms with E-state index in [0.29, 0.717) is 11.1 Å². The number of ketones is 2. The molecule has 5 heteroatoms. The number of carbonyl (C=O) groups excluding carboxylic acids is 3. The molecule has 0 bridgehead atoms. The van der Waals surface area contributed by atoms with Crippen LogP contribution in [0, 0.1) is 13.8 Å². The fraction of sp³-hybridized carbons (Fsp3) is 0.235. The maximum absolute atomic E-state index is 12.0. The third-order valence-corrected chi connectivity index (χ3v) is 3.47. The number of aryl methyl sites for hydroxylation is 2. The van der Waals surface area contributed by atoms with E-state index >= 15 is 0 Å². The molecule has 1 aromatic heterocycles. The Hall–Kier alpha value is -2.69. The van der Waals surface area contributed by atoms with Crippen LogP contribution in [-0.2, 0) is 4.74 Å². The highest BCUT2D eigenvalue weighted by Crippen LogP contribution is 2.11. The predicted octanol–water partition coefficient (Wildman–Crippen LogP) is 2.87. The third-order valence-electron chi connectivity index (χ3n) is 3.47. The molecule has 0 radical (unpaired) electrons. The zero-order valence-corrected chi connectivity index (χ0v) is 12.7. The van der Waals surface area contributed by atoms with Crippen LogP contribution in [0.5, 0.6) is 0 Å². The van der Waals surface area contributed by atoms with E-state index in [1.807, 2.05) is 19.9 Å². The van der Waals surface area contributed by atoms with E-state index in [0.717, 1.165) is 11.1 Å². The van der Waals surface area contributed by atoms with Crippen LogP contribution in [-0.4, -0.2) is 29.1 Å². The van der Waals surface area contributed by atoms with Crippen molar-refractivity contribution in [3.63, 3.8) is 0 Å². The molecule has 1 aromatic carbocycles. The van der Waals surface area contributed by atoms with E-state index in [9.17, 15) is 14.4 Å². The Morgan fingerprint density at radius 3 is 2.36 bits per heavy atom. The number of Topliss-reactive ketones (excluding diaryl/α,β-unsaturated/α-hetero) is 2. The number of aromatic amines is 1. The average Bonchev–Trinajstić information content (AvgIpc) is 2.97. The molecule has 0 saturated heterocycles. The standard InChI is InChI=1S/C17H17NO4/c1-10-4-5-13(6-11(10)2)16(20)9-22-17(21)15-7-14(8-18-15)12(3)19/h4-8,18H,9H2,1-3H3. The van der Waals surface area contributed by atoms with Crippen molar-refractivity contribution in [1.82, 2.24) is 4.98 Å². The Morgan fingerprint density at radius 2 is 1.77 bits per heavy atom. The molecule has 0 aliphatic rings. The lowest BCUT2D eigenvalue weighted by atomic mass is 10.0. The number of carbonyl (C=O) groups is 3. The quantitative estimate of drug-likeness (QED) is 0.680. The molecule has 0 saturated carbocycles. The van der Waals surface area contributed by atoms with E-state index in [1.165, 1.54) is 19.2 Å². The van der Waals surface area contributed by atoms with Gasteiger partial charge in [0, 0.05) is 17.3 Å². The predicted molar refractivity (Wildman–Crippen MR) is 81.3 cm³/mol. The van der Waals surface area contributed by atoms with E-state index < -0.39 is 5.97 Å². The zero-order valence-electron chi connectivity index (χ0n) is 12.7. The number of hydrogen-bond acceptors (Lipinski definition) is 4. The van der Waals surface area contributed by atoms with Gasteiger partial charge >= 0.3 is 5.97 Å². The minimum atomic E-state index is -0.662. The molecule has 5 nitrogen and oxygen atoms in total. The first kappa shape index (κ1) is 15.7. The Kier molecular flexibility index (Phi) is 4.56. The summed E-state index contributed by atoms with van der Waals surface area (Å²) < 4.78 is 4.98. The molecule has 114 valence electrons. The molecule has 1 N–H and O–H groups in total. The lowest BCUT2D eigenvalue weighted by Crippen LogP contribution is -2.14. The second kappa shape index (κ2) is 6.39.